The third kappa shape index (κ3) is 5.72. The quantitative estimate of drug-likeness (QED) is 0.496. The summed E-state index contributed by atoms with van der Waals surface area (Å²) < 4.78 is 61.4. The highest BCUT2D eigenvalue weighted by atomic mass is 32.2. The minimum absolute atomic E-state index is 0.0580. The average molecular weight is 427 g/mol. The molecule has 0 aromatic carbocycles. The Hall–Kier alpha value is -1.56. The zero-order valence-electron chi connectivity index (χ0n) is 15.9. The fourth-order valence-corrected chi connectivity index (χ4v) is 4.76. The first-order valence-corrected chi connectivity index (χ1v) is 10.8. The number of halogens is 3. The maximum Gasteiger partial charge on any atom is 0.511 e. The van der Waals surface area contributed by atoms with Crippen LogP contribution in [0.5, 0.6) is 0 Å². The van der Waals surface area contributed by atoms with Gasteiger partial charge >= 0.3 is 15.5 Å². The number of sulfonamides is 1. The number of piperidine rings is 2. The Morgan fingerprint density at radius 2 is 1.82 bits per heavy atom. The smallest absolute Gasteiger partial charge is 0.370 e. The van der Waals surface area contributed by atoms with Crippen LogP contribution in [0.3, 0.4) is 0 Å². The summed E-state index contributed by atoms with van der Waals surface area (Å²) in [6.07, 6.45) is 2.89. The van der Waals surface area contributed by atoms with Gasteiger partial charge in [-0.05, 0) is 37.5 Å². The van der Waals surface area contributed by atoms with Crippen molar-refractivity contribution >= 4 is 21.9 Å². The molecule has 8 nitrogen and oxygen atoms in total. The number of rotatable bonds is 5. The zero-order chi connectivity index (χ0) is 20.9. The number of carbonyl (C=O) groups excluding carboxylic acids is 1. The molecular formula is C16H28F3N5O3S. The van der Waals surface area contributed by atoms with Crippen LogP contribution in [0, 0.1) is 11.8 Å². The molecule has 0 aromatic rings. The molecule has 0 radical (unpaired) electrons. The molecule has 0 spiro atoms. The Morgan fingerprint density at radius 3 is 2.36 bits per heavy atom. The van der Waals surface area contributed by atoms with Crippen LogP contribution in [-0.4, -0.2) is 74.8 Å². The number of amides is 1. The summed E-state index contributed by atoms with van der Waals surface area (Å²) in [5.41, 5.74) is 0.0275. The highest BCUT2D eigenvalue weighted by molar-refractivity contribution is 7.90. The summed E-state index contributed by atoms with van der Waals surface area (Å²) in [7, 11) is -3.60. The van der Waals surface area contributed by atoms with Crippen molar-refractivity contribution in [3.63, 3.8) is 0 Å². The Labute approximate surface area is 163 Å². The van der Waals surface area contributed by atoms with Crippen LogP contribution < -0.4 is 11.1 Å². The van der Waals surface area contributed by atoms with Crippen LogP contribution in [0.1, 0.15) is 32.1 Å². The Kier molecular flexibility index (Phi) is 7.54. The van der Waals surface area contributed by atoms with Gasteiger partial charge in [0.1, 0.15) is 0 Å². The van der Waals surface area contributed by atoms with E-state index in [0.29, 0.717) is 42.6 Å². The molecule has 0 saturated carbocycles. The number of primary amides is 1. The second-order valence-electron chi connectivity index (χ2n) is 7.35. The molecule has 2 fully saturated rings. The zero-order valence-corrected chi connectivity index (χ0v) is 16.7. The number of hydrogen-bond acceptors (Lipinski definition) is 4. The summed E-state index contributed by atoms with van der Waals surface area (Å²) >= 11 is 0. The Morgan fingerprint density at radius 1 is 1.18 bits per heavy atom. The standard InChI is InChI=1S/C16H28F3N5O3S/c1-21-15(23-6-2-3-13(11-23)9-14(20)25)22-10-12-4-7-24(8-5-12)28(26,27)16(17,18)19/h12-13H,2-11H2,1H3,(H2,20,25)(H,21,22). The van der Waals surface area contributed by atoms with Crippen molar-refractivity contribution in [3.05, 3.63) is 0 Å². The molecule has 3 N–H and O–H groups in total. The first kappa shape index (κ1) is 22.7. The molecule has 1 amide bonds. The normalized spacial score (nSPS) is 23.6. The lowest BCUT2D eigenvalue weighted by Gasteiger charge is -2.36. The Balaban J connectivity index is 1.83. The second-order valence-corrected chi connectivity index (χ2v) is 9.28. The van der Waals surface area contributed by atoms with Gasteiger partial charge in [-0.25, -0.2) is 8.42 Å². The van der Waals surface area contributed by atoms with E-state index in [0.717, 1.165) is 19.4 Å². The maximum atomic E-state index is 12.6. The van der Waals surface area contributed by atoms with E-state index in [1.165, 1.54) is 0 Å². The van der Waals surface area contributed by atoms with Crippen LogP contribution in [0.25, 0.3) is 0 Å². The van der Waals surface area contributed by atoms with Gasteiger partial charge in [-0.3, -0.25) is 9.79 Å². The van der Waals surface area contributed by atoms with E-state index in [2.05, 4.69) is 15.2 Å². The fraction of sp³-hybridized carbons (Fsp3) is 0.875. The van der Waals surface area contributed by atoms with Gasteiger partial charge in [-0.15, -0.1) is 0 Å². The van der Waals surface area contributed by atoms with E-state index in [1.54, 1.807) is 7.05 Å². The number of carbonyl (C=O) groups is 1. The molecule has 2 saturated heterocycles. The number of hydrogen-bond donors (Lipinski definition) is 2. The largest absolute Gasteiger partial charge is 0.511 e. The lowest BCUT2D eigenvalue weighted by Crippen LogP contribution is -2.50. The number of aliphatic imine (C=N–C) groups is 1. The topological polar surface area (TPSA) is 108 Å². The van der Waals surface area contributed by atoms with Crippen molar-refractivity contribution in [2.45, 2.75) is 37.6 Å². The van der Waals surface area contributed by atoms with E-state index >= 15 is 0 Å². The van der Waals surface area contributed by atoms with Gasteiger partial charge in [-0.1, -0.05) is 0 Å². The highest BCUT2D eigenvalue weighted by Crippen LogP contribution is 2.30. The van der Waals surface area contributed by atoms with Crippen LogP contribution in [0.15, 0.2) is 4.99 Å². The Bertz CT molecular complexity index is 676. The number of alkyl halides is 3. The first-order chi connectivity index (χ1) is 13.0. The van der Waals surface area contributed by atoms with Crippen molar-refractivity contribution < 1.29 is 26.4 Å². The summed E-state index contributed by atoms with van der Waals surface area (Å²) in [6.45, 7) is 1.69. The van der Waals surface area contributed by atoms with E-state index in [-0.39, 0.29) is 30.8 Å². The van der Waals surface area contributed by atoms with Crippen molar-refractivity contribution in [1.82, 2.24) is 14.5 Å². The van der Waals surface area contributed by atoms with E-state index in [4.69, 9.17) is 5.73 Å². The van der Waals surface area contributed by atoms with Crippen LogP contribution in [0.4, 0.5) is 13.2 Å². The molecule has 28 heavy (non-hydrogen) atoms. The van der Waals surface area contributed by atoms with Gasteiger partial charge in [-0.2, -0.15) is 17.5 Å². The van der Waals surface area contributed by atoms with Gasteiger partial charge in [0, 0.05) is 46.2 Å². The minimum atomic E-state index is -5.25. The summed E-state index contributed by atoms with van der Waals surface area (Å²) in [5.74, 6) is 0.595. The predicted octanol–water partition coefficient (Wildman–Crippen LogP) is 0.711. The molecule has 2 rings (SSSR count). The average Bonchev–Trinajstić information content (AvgIpc) is 2.61. The van der Waals surface area contributed by atoms with Crippen LogP contribution >= 0.6 is 0 Å². The minimum Gasteiger partial charge on any atom is -0.370 e. The lowest BCUT2D eigenvalue weighted by molar-refractivity contribution is -0.119. The highest BCUT2D eigenvalue weighted by Gasteiger charge is 2.50. The fourth-order valence-electron chi connectivity index (χ4n) is 3.78. The maximum absolute atomic E-state index is 12.6. The molecular weight excluding hydrogens is 399 g/mol. The van der Waals surface area contributed by atoms with Gasteiger partial charge < -0.3 is 16.0 Å². The van der Waals surface area contributed by atoms with E-state index in [1.807, 2.05) is 0 Å². The molecule has 2 aliphatic heterocycles. The van der Waals surface area contributed by atoms with Crippen molar-refractivity contribution in [2.24, 2.45) is 22.6 Å². The lowest BCUT2D eigenvalue weighted by atomic mass is 9.94. The van der Waals surface area contributed by atoms with Crippen LogP contribution in [0.2, 0.25) is 0 Å². The SMILES string of the molecule is CN=C(NCC1CCN(S(=O)(=O)C(F)(F)F)CC1)N1CCCC(CC(N)=O)C1. The molecule has 0 aliphatic carbocycles. The summed E-state index contributed by atoms with van der Waals surface area (Å²) in [6, 6.07) is 0. The molecule has 162 valence electrons. The number of likely N-dealkylation sites (tertiary alicyclic amines) is 1. The van der Waals surface area contributed by atoms with Gasteiger partial charge in [0.15, 0.2) is 5.96 Å². The number of nitrogens with zero attached hydrogens (tertiary/aromatic N) is 3. The van der Waals surface area contributed by atoms with Crippen molar-refractivity contribution in [1.29, 1.82) is 0 Å². The van der Waals surface area contributed by atoms with Crippen molar-refractivity contribution in [3.8, 4) is 0 Å². The molecule has 0 bridgehead atoms. The third-order valence-electron chi connectivity index (χ3n) is 5.27. The van der Waals surface area contributed by atoms with E-state index < -0.39 is 15.5 Å². The molecule has 1 atom stereocenters. The predicted molar refractivity (Wildman–Crippen MR) is 98.7 cm³/mol. The first-order valence-electron chi connectivity index (χ1n) is 9.35. The molecule has 2 heterocycles. The molecule has 2 aliphatic rings. The number of nitrogens with one attached hydrogen (secondary N) is 1. The summed E-state index contributed by atoms with van der Waals surface area (Å²) in [5, 5.41) is 3.24. The van der Waals surface area contributed by atoms with Crippen molar-refractivity contribution in [2.75, 3.05) is 39.8 Å². The van der Waals surface area contributed by atoms with Gasteiger partial charge in [0.05, 0.1) is 0 Å². The molecule has 1 unspecified atom stereocenters. The number of guanidine groups is 1. The van der Waals surface area contributed by atoms with Crippen LogP contribution in [-0.2, 0) is 14.8 Å². The molecule has 0 aromatic heterocycles. The monoisotopic (exact) mass is 427 g/mol. The van der Waals surface area contributed by atoms with Gasteiger partial charge in [0.2, 0.25) is 5.91 Å². The number of nitrogens with two attached hydrogens (primary N) is 1. The summed E-state index contributed by atoms with van der Waals surface area (Å²) in [4.78, 5) is 17.5. The molecule has 12 heteroatoms. The third-order valence-corrected chi connectivity index (χ3v) is 6.90. The van der Waals surface area contributed by atoms with Gasteiger partial charge in [0.25, 0.3) is 0 Å². The second kappa shape index (κ2) is 9.29. The van der Waals surface area contributed by atoms with E-state index in [9.17, 15) is 26.4 Å².